The second-order valence-corrected chi connectivity index (χ2v) is 3.66. The molecular formula is C9H14N2O3. The molecule has 0 bridgehead atoms. The molecule has 2 amide bonds. The third-order valence-electron chi connectivity index (χ3n) is 2.28. The van der Waals surface area contributed by atoms with Crippen LogP contribution in [0.15, 0.2) is 0 Å². The number of nitrogens with zero attached hydrogens (tertiary/aromatic N) is 2. The molecule has 0 radical (unpaired) electrons. The fourth-order valence-corrected chi connectivity index (χ4v) is 1.39. The Hall–Kier alpha value is -1.39. The molecule has 1 atom stereocenters. The fraction of sp³-hybridized carbons (Fsp3) is 0.667. The van der Waals surface area contributed by atoms with Gasteiger partial charge in [0.05, 0.1) is 19.0 Å². The third-order valence-corrected chi connectivity index (χ3v) is 2.28. The average molecular weight is 198 g/mol. The largest absolute Gasteiger partial charge is 0.331 e. The molecule has 5 nitrogen and oxygen atoms in total. The summed E-state index contributed by atoms with van der Waals surface area (Å²) in [5.74, 6) is -0.375. The Bertz CT molecular complexity index is 286. The van der Waals surface area contributed by atoms with Crippen LogP contribution in [-0.2, 0) is 9.59 Å². The van der Waals surface area contributed by atoms with Gasteiger partial charge in [-0.2, -0.15) is 0 Å². The van der Waals surface area contributed by atoms with Gasteiger partial charge in [0.15, 0.2) is 11.6 Å². The van der Waals surface area contributed by atoms with Gasteiger partial charge in [-0.1, -0.05) is 0 Å². The van der Waals surface area contributed by atoms with Crippen molar-refractivity contribution in [2.24, 2.45) is 0 Å². The topological polar surface area (TPSA) is 57.7 Å². The van der Waals surface area contributed by atoms with Crippen LogP contribution in [0.3, 0.4) is 0 Å². The van der Waals surface area contributed by atoms with Gasteiger partial charge < -0.3 is 9.80 Å². The zero-order valence-electron chi connectivity index (χ0n) is 8.61. The summed E-state index contributed by atoms with van der Waals surface area (Å²) >= 11 is 0. The molecule has 0 spiro atoms. The zero-order valence-corrected chi connectivity index (χ0v) is 8.61. The highest BCUT2D eigenvalue weighted by atomic mass is 16.2. The normalized spacial score (nSPS) is 22.5. The maximum absolute atomic E-state index is 11.5. The lowest BCUT2D eigenvalue weighted by atomic mass is 10.0. The van der Waals surface area contributed by atoms with Crippen molar-refractivity contribution in [2.75, 3.05) is 20.6 Å². The summed E-state index contributed by atoms with van der Waals surface area (Å²) in [6, 6.07) is -0.776. The molecule has 1 unspecified atom stereocenters. The van der Waals surface area contributed by atoms with Gasteiger partial charge in [-0.15, -0.1) is 0 Å². The number of carbonyl (C=O) groups excluding carboxylic acids is 3. The van der Waals surface area contributed by atoms with Crippen molar-refractivity contribution in [3.05, 3.63) is 0 Å². The van der Waals surface area contributed by atoms with Crippen LogP contribution >= 0.6 is 0 Å². The number of piperidine rings is 1. The number of Topliss-reactive ketones (excluding diaryl/α,β-unsaturated/α-hetero) is 2. The summed E-state index contributed by atoms with van der Waals surface area (Å²) in [5, 5.41) is 0. The van der Waals surface area contributed by atoms with Crippen molar-refractivity contribution >= 4 is 17.6 Å². The SMILES string of the molecule is CC1C(=O)CC(=O)CN1C(=O)N(C)C. The molecule has 5 heteroatoms. The van der Waals surface area contributed by atoms with Crippen LogP contribution in [-0.4, -0.2) is 54.1 Å². The monoisotopic (exact) mass is 198 g/mol. The van der Waals surface area contributed by atoms with Crippen molar-refractivity contribution in [1.29, 1.82) is 0 Å². The highest BCUT2D eigenvalue weighted by Gasteiger charge is 2.34. The number of carbonyl (C=O) groups is 3. The lowest BCUT2D eigenvalue weighted by Gasteiger charge is -2.33. The minimum Gasteiger partial charge on any atom is -0.331 e. The predicted molar refractivity (Wildman–Crippen MR) is 49.9 cm³/mol. The van der Waals surface area contributed by atoms with E-state index in [9.17, 15) is 14.4 Å². The molecule has 1 aliphatic rings. The second-order valence-electron chi connectivity index (χ2n) is 3.66. The van der Waals surface area contributed by atoms with Crippen LogP contribution in [0.1, 0.15) is 13.3 Å². The lowest BCUT2D eigenvalue weighted by molar-refractivity contribution is -0.134. The number of rotatable bonds is 0. The Kier molecular flexibility index (Phi) is 2.88. The summed E-state index contributed by atoms with van der Waals surface area (Å²) in [7, 11) is 3.19. The first kappa shape index (κ1) is 10.7. The Balaban J connectivity index is 2.81. The Morgan fingerprint density at radius 3 is 2.50 bits per heavy atom. The standard InChI is InChI=1S/C9H14N2O3/c1-6-8(13)4-7(12)5-11(6)9(14)10(2)3/h6H,4-5H2,1-3H3. The summed E-state index contributed by atoms with van der Waals surface area (Å²) in [6.07, 6.45) is -0.0433. The minimum absolute atomic E-state index is 0.0433. The highest BCUT2D eigenvalue weighted by molar-refractivity contribution is 6.06. The molecule has 0 N–H and O–H groups in total. The summed E-state index contributed by atoms with van der Waals surface area (Å²) < 4.78 is 0. The summed E-state index contributed by atoms with van der Waals surface area (Å²) in [5.41, 5.74) is 0. The number of urea groups is 1. The average Bonchev–Trinajstić information content (AvgIpc) is 2.09. The third kappa shape index (κ3) is 1.92. The van der Waals surface area contributed by atoms with E-state index in [2.05, 4.69) is 0 Å². The molecule has 0 aromatic heterocycles. The maximum Gasteiger partial charge on any atom is 0.320 e. The molecule has 1 aliphatic heterocycles. The van der Waals surface area contributed by atoms with E-state index in [4.69, 9.17) is 0 Å². The first-order valence-corrected chi connectivity index (χ1v) is 4.46. The predicted octanol–water partition coefficient (Wildman–Crippen LogP) is -0.0996. The van der Waals surface area contributed by atoms with Crippen molar-refractivity contribution < 1.29 is 14.4 Å². The summed E-state index contributed by atoms with van der Waals surface area (Å²) in [6.45, 7) is 1.69. The lowest BCUT2D eigenvalue weighted by Crippen LogP contribution is -2.53. The summed E-state index contributed by atoms with van der Waals surface area (Å²) in [4.78, 5) is 36.6. The molecule has 14 heavy (non-hydrogen) atoms. The van der Waals surface area contributed by atoms with E-state index < -0.39 is 6.04 Å². The Labute approximate surface area is 82.7 Å². The van der Waals surface area contributed by atoms with Crippen molar-refractivity contribution in [2.45, 2.75) is 19.4 Å². The molecule has 1 heterocycles. The first-order chi connectivity index (χ1) is 6.43. The van der Waals surface area contributed by atoms with Gasteiger partial charge in [0.2, 0.25) is 0 Å². The number of likely N-dealkylation sites (tertiary alicyclic amines) is 1. The van der Waals surface area contributed by atoms with E-state index in [1.54, 1.807) is 21.0 Å². The molecule has 78 valence electrons. The Morgan fingerprint density at radius 2 is 2.00 bits per heavy atom. The van der Waals surface area contributed by atoms with E-state index in [1.807, 2.05) is 0 Å². The van der Waals surface area contributed by atoms with Crippen LogP contribution in [0.4, 0.5) is 4.79 Å². The van der Waals surface area contributed by atoms with Gasteiger partial charge in [0.1, 0.15) is 0 Å². The molecule has 0 saturated carbocycles. The zero-order chi connectivity index (χ0) is 10.9. The molecule has 1 saturated heterocycles. The molecule has 0 aromatic rings. The van der Waals surface area contributed by atoms with Gasteiger partial charge in [-0.05, 0) is 6.92 Å². The van der Waals surface area contributed by atoms with E-state index in [-0.39, 0.29) is 30.6 Å². The molecule has 1 fully saturated rings. The van der Waals surface area contributed by atoms with E-state index in [0.29, 0.717) is 0 Å². The van der Waals surface area contributed by atoms with E-state index in [1.165, 1.54) is 9.80 Å². The number of hydrogen-bond acceptors (Lipinski definition) is 3. The maximum atomic E-state index is 11.5. The van der Waals surface area contributed by atoms with Gasteiger partial charge in [0, 0.05) is 14.1 Å². The van der Waals surface area contributed by atoms with Gasteiger partial charge in [-0.25, -0.2) is 4.79 Å². The van der Waals surface area contributed by atoms with Crippen molar-refractivity contribution in [1.82, 2.24) is 9.80 Å². The van der Waals surface area contributed by atoms with E-state index in [0.717, 1.165) is 0 Å². The van der Waals surface area contributed by atoms with Gasteiger partial charge in [0.25, 0.3) is 0 Å². The smallest absolute Gasteiger partial charge is 0.320 e. The number of ketones is 2. The van der Waals surface area contributed by atoms with Gasteiger partial charge >= 0.3 is 6.03 Å². The second kappa shape index (κ2) is 3.77. The van der Waals surface area contributed by atoms with Crippen molar-refractivity contribution in [3.63, 3.8) is 0 Å². The fourth-order valence-electron chi connectivity index (χ4n) is 1.39. The van der Waals surface area contributed by atoms with Crippen LogP contribution in [0.5, 0.6) is 0 Å². The molecular weight excluding hydrogens is 184 g/mol. The van der Waals surface area contributed by atoms with Crippen LogP contribution in [0.2, 0.25) is 0 Å². The minimum atomic E-state index is -0.484. The molecule has 0 aliphatic carbocycles. The van der Waals surface area contributed by atoms with Crippen LogP contribution < -0.4 is 0 Å². The molecule has 1 rings (SSSR count). The van der Waals surface area contributed by atoms with E-state index >= 15 is 0 Å². The Morgan fingerprint density at radius 1 is 1.43 bits per heavy atom. The first-order valence-electron chi connectivity index (χ1n) is 4.46. The van der Waals surface area contributed by atoms with Crippen LogP contribution in [0.25, 0.3) is 0 Å². The number of amides is 2. The quantitative estimate of drug-likeness (QED) is 0.511. The van der Waals surface area contributed by atoms with Crippen LogP contribution in [0, 0.1) is 0 Å². The molecule has 0 aromatic carbocycles. The van der Waals surface area contributed by atoms with Crippen molar-refractivity contribution in [3.8, 4) is 0 Å². The van der Waals surface area contributed by atoms with Gasteiger partial charge in [-0.3, -0.25) is 9.59 Å². The number of hydrogen-bond donors (Lipinski definition) is 0. The highest BCUT2D eigenvalue weighted by Crippen LogP contribution is 2.12.